The van der Waals surface area contributed by atoms with Gasteiger partial charge in [-0.25, -0.2) is 10.7 Å². The van der Waals surface area contributed by atoms with Gasteiger partial charge in [-0.1, -0.05) is 0 Å². The Kier molecular flexibility index (Phi) is 3.89. The van der Waals surface area contributed by atoms with Gasteiger partial charge in [0.1, 0.15) is 6.04 Å². The Morgan fingerprint density at radius 3 is 2.44 bits per heavy atom. The van der Waals surface area contributed by atoms with Gasteiger partial charge in [0, 0.05) is 0 Å². The predicted molar refractivity (Wildman–Crippen MR) is 28.4 cm³/mol. The molecular weight excluding hydrogens is 126 g/mol. The van der Waals surface area contributed by atoms with E-state index in [4.69, 9.17) is 5.73 Å². The molecule has 0 saturated heterocycles. The number of carbonyl (C=O) groups is 1. The van der Waals surface area contributed by atoms with Crippen LogP contribution in [-0.2, 0) is 14.5 Å². The van der Waals surface area contributed by atoms with Gasteiger partial charge >= 0.3 is 5.97 Å². The molecule has 0 heterocycles. The van der Waals surface area contributed by atoms with Gasteiger partial charge in [0.25, 0.3) is 0 Å². The van der Waals surface area contributed by atoms with Crippen molar-refractivity contribution in [3.63, 3.8) is 0 Å². The molecule has 0 bridgehead atoms. The van der Waals surface area contributed by atoms with Gasteiger partial charge in [0.2, 0.25) is 0 Å². The van der Waals surface area contributed by atoms with Gasteiger partial charge in [-0.05, 0) is 0 Å². The van der Waals surface area contributed by atoms with Crippen molar-refractivity contribution in [2.24, 2.45) is 17.5 Å². The van der Waals surface area contributed by atoms with E-state index in [2.05, 4.69) is 21.5 Å². The van der Waals surface area contributed by atoms with Gasteiger partial charge in [0.05, 0.1) is 6.61 Å². The lowest BCUT2D eigenvalue weighted by Crippen LogP contribution is -2.38. The van der Waals surface area contributed by atoms with Crippen LogP contribution in [0.1, 0.15) is 0 Å². The number of rotatable bonds is 3. The van der Waals surface area contributed by atoms with Crippen LogP contribution in [0.15, 0.2) is 0 Å². The van der Waals surface area contributed by atoms with Crippen LogP contribution in [0.3, 0.4) is 0 Å². The Balaban J connectivity index is 3.45. The smallest absolute Gasteiger partial charge is 0.343 e. The Morgan fingerprint density at radius 1 is 1.56 bits per heavy atom. The first-order valence-corrected chi connectivity index (χ1v) is 2.20. The summed E-state index contributed by atoms with van der Waals surface area (Å²) in [6, 6.07) is -0.903. The molecule has 6 heteroatoms. The average Bonchev–Trinajstić information content (AvgIpc) is 1.87. The molecule has 0 aliphatic heterocycles. The van der Waals surface area contributed by atoms with Crippen molar-refractivity contribution in [2.45, 2.75) is 6.04 Å². The van der Waals surface area contributed by atoms with Crippen molar-refractivity contribution < 1.29 is 14.5 Å². The molecule has 0 fully saturated rings. The third-order valence-electron chi connectivity index (χ3n) is 0.695. The van der Waals surface area contributed by atoms with Crippen LogP contribution in [0.25, 0.3) is 0 Å². The second kappa shape index (κ2) is 4.21. The molecule has 0 aromatic rings. The second-order valence-corrected chi connectivity index (χ2v) is 1.38. The van der Waals surface area contributed by atoms with Crippen LogP contribution in [0, 0.1) is 0 Å². The zero-order valence-corrected chi connectivity index (χ0v) is 4.74. The molecule has 6 nitrogen and oxygen atoms in total. The van der Waals surface area contributed by atoms with Crippen LogP contribution in [-0.4, -0.2) is 18.6 Å². The summed E-state index contributed by atoms with van der Waals surface area (Å²) in [5.41, 5.74) is 5.08. The molecule has 0 saturated carbocycles. The van der Waals surface area contributed by atoms with Crippen molar-refractivity contribution in [3.8, 4) is 0 Å². The molecule has 0 rings (SSSR count). The Labute approximate surface area is 51.8 Å². The quantitative estimate of drug-likeness (QED) is 0.372. The molecular formula is C3H9N3O3. The maximum Gasteiger partial charge on any atom is 0.343 e. The molecule has 9 heavy (non-hydrogen) atoms. The monoisotopic (exact) mass is 135 g/mol. The maximum atomic E-state index is 10.3. The third kappa shape index (κ3) is 2.98. The summed E-state index contributed by atoms with van der Waals surface area (Å²) < 4.78 is 0. The van der Waals surface area contributed by atoms with Crippen molar-refractivity contribution in [3.05, 3.63) is 0 Å². The Morgan fingerprint density at radius 2 is 2.11 bits per heavy atom. The normalized spacial score (nSPS) is 12.8. The molecule has 0 radical (unpaired) electrons. The van der Waals surface area contributed by atoms with Gasteiger partial charge in [-0.15, -0.1) is 0 Å². The second-order valence-electron chi connectivity index (χ2n) is 1.38. The van der Waals surface area contributed by atoms with Crippen molar-refractivity contribution >= 4 is 5.97 Å². The lowest BCUT2D eigenvalue weighted by atomic mass is 10.3. The van der Waals surface area contributed by atoms with E-state index >= 15 is 0 Å². The van der Waals surface area contributed by atoms with E-state index in [0.29, 0.717) is 0 Å². The van der Waals surface area contributed by atoms with Crippen molar-refractivity contribution in [1.82, 2.24) is 0 Å². The van der Waals surface area contributed by atoms with Crippen LogP contribution < -0.4 is 17.5 Å². The molecule has 0 amide bonds. The molecule has 0 aliphatic carbocycles. The molecule has 6 N–H and O–H groups in total. The summed E-state index contributed by atoms with van der Waals surface area (Å²) in [6.07, 6.45) is 0. The highest BCUT2D eigenvalue weighted by molar-refractivity contribution is 5.75. The molecule has 0 spiro atoms. The van der Waals surface area contributed by atoms with E-state index in [1.807, 2.05) is 0 Å². The predicted octanol–water partition coefficient (Wildman–Crippen LogP) is -2.38. The maximum absolute atomic E-state index is 10.3. The standard InChI is InChI=1S/C3H9N3O3/c4-2(1-8-5)3(7)9-6/h2H,1,4-6H2/t2-/m1/s1. The lowest BCUT2D eigenvalue weighted by Gasteiger charge is -2.04. The molecule has 54 valence electrons. The number of nitrogens with two attached hydrogens (primary N) is 3. The van der Waals surface area contributed by atoms with E-state index in [1.165, 1.54) is 0 Å². The number of carbonyl (C=O) groups excluding carboxylic acids is 1. The van der Waals surface area contributed by atoms with Crippen LogP contribution in [0.5, 0.6) is 0 Å². The average molecular weight is 135 g/mol. The Bertz CT molecular complexity index is 96.3. The SMILES string of the molecule is NOC[C@@H](N)C(=O)ON. The summed E-state index contributed by atoms with van der Waals surface area (Å²) in [5.74, 6) is 8.32. The Hall–Kier alpha value is -0.690. The highest BCUT2D eigenvalue weighted by Gasteiger charge is 2.12. The topological polar surface area (TPSA) is 114 Å². The zero-order valence-electron chi connectivity index (χ0n) is 4.74. The van der Waals surface area contributed by atoms with E-state index in [0.717, 1.165) is 0 Å². The van der Waals surface area contributed by atoms with Crippen molar-refractivity contribution in [2.75, 3.05) is 6.61 Å². The highest BCUT2D eigenvalue weighted by atomic mass is 16.7. The first-order chi connectivity index (χ1) is 4.22. The first-order valence-electron chi connectivity index (χ1n) is 2.20. The van der Waals surface area contributed by atoms with Crippen LogP contribution >= 0.6 is 0 Å². The lowest BCUT2D eigenvalue weighted by molar-refractivity contribution is -0.147. The fourth-order valence-electron chi connectivity index (χ4n) is 0.259. The zero-order chi connectivity index (χ0) is 7.28. The summed E-state index contributed by atoms with van der Waals surface area (Å²) >= 11 is 0. The summed E-state index contributed by atoms with van der Waals surface area (Å²) in [5, 5.41) is 0. The minimum absolute atomic E-state index is 0.101. The van der Waals surface area contributed by atoms with E-state index in [1.54, 1.807) is 0 Å². The summed E-state index contributed by atoms with van der Waals surface area (Å²) in [7, 11) is 0. The van der Waals surface area contributed by atoms with Gasteiger partial charge in [0.15, 0.2) is 0 Å². The van der Waals surface area contributed by atoms with E-state index in [9.17, 15) is 4.79 Å². The summed E-state index contributed by atoms with van der Waals surface area (Å²) in [4.78, 5) is 18.1. The van der Waals surface area contributed by atoms with Gasteiger partial charge in [-0.3, -0.25) is 0 Å². The molecule has 0 unspecified atom stereocenters. The van der Waals surface area contributed by atoms with Crippen LogP contribution in [0.4, 0.5) is 0 Å². The fraction of sp³-hybridized carbons (Fsp3) is 0.667. The van der Waals surface area contributed by atoms with Crippen molar-refractivity contribution in [1.29, 1.82) is 0 Å². The van der Waals surface area contributed by atoms with Crippen LogP contribution in [0.2, 0.25) is 0 Å². The third-order valence-corrected chi connectivity index (χ3v) is 0.695. The number of hydrogen-bond donors (Lipinski definition) is 3. The molecule has 1 atom stereocenters. The largest absolute Gasteiger partial charge is 0.372 e. The minimum Gasteiger partial charge on any atom is -0.372 e. The first kappa shape index (κ1) is 8.31. The molecule has 0 aromatic heterocycles. The number of hydrogen-bond acceptors (Lipinski definition) is 6. The van der Waals surface area contributed by atoms with E-state index < -0.39 is 12.0 Å². The van der Waals surface area contributed by atoms with Gasteiger partial charge in [-0.2, -0.15) is 5.90 Å². The van der Waals surface area contributed by atoms with E-state index in [-0.39, 0.29) is 6.61 Å². The summed E-state index contributed by atoms with van der Waals surface area (Å²) in [6.45, 7) is -0.101. The fourth-order valence-corrected chi connectivity index (χ4v) is 0.259. The highest BCUT2D eigenvalue weighted by Crippen LogP contribution is 1.79. The minimum atomic E-state index is -0.903. The van der Waals surface area contributed by atoms with Gasteiger partial charge < -0.3 is 15.4 Å². The molecule has 0 aliphatic rings. The molecule has 0 aromatic carbocycles.